The van der Waals surface area contributed by atoms with Gasteiger partial charge in [-0.15, -0.1) is 0 Å². The van der Waals surface area contributed by atoms with E-state index in [4.69, 9.17) is 16.7 Å². The molecule has 0 aliphatic heterocycles. The standard InChI is InChI=1S/C16H20ClNO2/c1-2-3-5-10-18-16(20)14-9-8-13(15(17)12-14)7-4-6-11-19/h8-9,12,19H,2-3,5-6,10-11H2,1H3,(H,18,20). The second kappa shape index (κ2) is 9.41. The molecule has 0 spiro atoms. The average molecular weight is 294 g/mol. The van der Waals surface area contributed by atoms with E-state index in [-0.39, 0.29) is 12.5 Å². The molecule has 0 saturated heterocycles. The molecule has 3 nitrogen and oxygen atoms in total. The van der Waals surface area contributed by atoms with E-state index < -0.39 is 0 Å². The second-order valence-electron chi connectivity index (χ2n) is 4.43. The third kappa shape index (κ3) is 5.64. The van der Waals surface area contributed by atoms with Gasteiger partial charge in [0.2, 0.25) is 0 Å². The van der Waals surface area contributed by atoms with E-state index in [0.29, 0.717) is 29.1 Å². The molecule has 1 aromatic rings. The topological polar surface area (TPSA) is 49.3 Å². The fraction of sp³-hybridized carbons (Fsp3) is 0.438. The number of carbonyl (C=O) groups is 1. The van der Waals surface area contributed by atoms with Gasteiger partial charge in [0.15, 0.2) is 0 Å². The Morgan fingerprint density at radius 2 is 2.20 bits per heavy atom. The lowest BCUT2D eigenvalue weighted by Crippen LogP contribution is -2.24. The Labute approximate surface area is 125 Å². The maximum absolute atomic E-state index is 11.9. The number of benzene rings is 1. The van der Waals surface area contributed by atoms with E-state index in [1.165, 1.54) is 0 Å². The van der Waals surface area contributed by atoms with Crippen molar-refractivity contribution in [1.82, 2.24) is 5.32 Å². The number of hydrogen-bond donors (Lipinski definition) is 2. The zero-order valence-corrected chi connectivity index (χ0v) is 12.5. The molecule has 108 valence electrons. The quantitative estimate of drug-likeness (QED) is 0.626. The molecule has 0 radical (unpaired) electrons. The number of amides is 1. The first-order chi connectivity index (χ1) is 9.69. The van der Waals surface area contributed by atoms with Crippen LogP contribution < -0.4 is 5.32 Å². The highest BCUT2D eigenvalue weighted by Gasteiger charge is 2.07. The molecule has 1 aromatic carbocycles. The van der Waals surface area contributed by atoms with E-state index in [0.717, 1.165) is 19.3 Å². The molecule has 0 saturated carbocycles. The van der Waals surface area contributed by atoms with Crippen LogP contribution in [0.15, 0.2) is 18.2 Å². The molecule has 0 aliphatic rings. The third-order valence-corrected chi connectivity index (χ3v) is 3.07. The number of aliphatic hydroxyl groups excluding tert-OH is 1. The molecule has 0 bridgehead atoms. The Bertz CT molecular complexity index is 503. The lowest BCUT2D eigenvalue weighted by atomic mass is 10.1. The van der Waals surface area contributed by atoms with E-state index in [2.05, 4.69) is 24.1 Å². The first-order valence-corrected chi connectivity index (χ1v) is 7.24. The smallest absolute Gasteiger partial charge is 0.251 e. The van der Waals surface area contributed by atoms with Crippen molar-refractivity contribution in [3.63, 3.8) is 0 Å². The fourth-order valence-corrected chi connectivity index (χ4v) is 1.88. The van der Waals surface area contributed by atoms with E-state index >= 15 is 0 Å². The van der Waals surface area contributed by atoms with Crippen molar-refractivity contribution in [3.05, 3.63) is 34.3 Å². The number of nitrogens with one attached hydrogen (secondary N) is 1. The molecule has 0 fully saturated rings. The van der Waals surface area contributed by atoms with Gasteiger partial charge in [-0.2, -0.15) is 0 Å². The van der Waals surface area contributed by atoms with E-state index in [1.807, 2.05) is 0 Å². The van der Waals surface area contributed by atoms with Gasteiger partial charge in [-0.05, 0) is 24.6 Å². The summed E-state index contributed by atoms with van der Waals surface area (Å²) in [6.45, 7) is 2.84. The zero-order chi connectivity index (χ0) is 14.8. The first kappa shape index (κ1) is 16.6. The van der Waals surface area contributed by atoms with Crippen LogP contribution in [0, 0.1) is 11.8 Å². The number of rotatable bonds is 6. The van der Waals surface area contributed by atoms with Crippen LogP contribution >= 0.6 is 11.6 Å². The predicted molar refractivity (Wildman–Crippen MR) is 81.9 cm³/mol. The molecule has 0 aromatic heterocycles. The van der Waals surface area contributed by atoms with Gasteiger partial charge in [-0.1, -0.05) is 43.2 Å². The van der Waals surface area contributed by atoms with Crippen LogP contribution in [-0.2, 0) is 0 Å². The van der Waals surface area contributed by atoms with Gasteiger partial charge in [0.1, 0.15) is 0 Å². The molecule has 20 heavy (non-hydrogen) atoms. The Balaban J connectivity index is 2.62. The summed E-state index contributed by atoms with van der Waals surface area (Å²) in [5, 5.41) is 12.0. The number of carbonyl (C=O) groups excluding carboxylic acids is 1. The Morgan fingerprint density at radius 3 is 2.85 bits per heavy atom. The van der Waals surface area contributed by atoms with Gasteiger partial charge in [-0.25, -0.2) is 0 Å². The van der Waals surface area contributed by atoms with E-state index in [9.17, 15) is 4.79 Å². The minimum absolute atomic E-state index is 0.0306. The van der Waals surface area contributed by atoms with Crippen molar-refractivity contribution < 1.29 is 9.90 Å². The maximum atomic E-state index is 11.9. The van der Waals surface area contributed by atoms with Crippen LogP contribution in [0.2, 0.25) is 5.02 Å². The van der Waals surface area contributed by atoms with Crippen molar-refractivity contribution in [2.24, 2.45) is 0 Å². The molecule has 4 heteroatoms. The SMILES string of the molecule is CCCCCNC(=O)c1ccc(C#CCCO)c(Cl)c1. The Kier molecular flexibility index (Phi) is 7.79. The van der Waals surface area contributed by atoms with Gasteiger partial charge < -0.3 is 10.4 Å². The number of hydrogen-bond acceptors (Lipinski definition) is 2. The van der Waals surface area contributed by atoms with Gasteiger partial charge >= 0.3 is 0 Å². The summed E-state index contributed by atoms with van der Waals surface area (Å²) in [5.74, 6) is 5.56. The second-order valence-corrected chi connectivity index (χ2v) is 4.84. The summed E-state index contributed by atoms with van der Waals surface area (Å²) < 4.78 is 0. The van der Waals surface area contributed by atoms with Gasteiger partial charge in [0.05, 0.1) is 11.6 Å². The zero-order valence-electron chi connectivity index (χ0n) is 11.7. The van der Waals surface area contributed by atoms with Crippen molar-refractivity contribution in [2.75, 3.05) is 13.2 Å². The van der Waals surface area contributed by atoms with Gasteiger partial charge in [0.25, 0.3) is 5.91 Å². The van der Waals surface area contributed by atoms with E-state index in [1.54, 1.807) is 18.2 Å². The molecule has 0 heterocycles. The molecule has 0 atom stereocenters. The Morgan fingerprint density at radius 1 is 1.40 bits per heavy atom. The number of unbranched alkanes of at least 4 members (excludes halogenated alkanes) is 2. The normalized spacial score (nSPS) is 9.75. The van der Waals surface area contributed by atoms with Crippen molar-refractivity contribution in [1.29, 1.82) is 0 Å². The highest BCUT2D eigenvalue weighted by atomic mass is 35.5. The summed E-state index contributed by atoms with van der Waals surface area (Å²) in [6, 6.07) is 5.07. The third-order valence-electron chi connectivity index (χ3n) is 2.76. The lowest BCUT2D eigenvalue weighted by Gasteiger charge is -2.05. The van der Waals surface area contributed by atoms with Crippen LogP contribution in [0.1, 0.15) is 48.5 Å². The van der Waals surface area contributed by atoms with Crippen LogP contribution in [0.3, 0.4) is 0 Å². The summed E-state index contributed by atoms with van der Waals surface area (Å²) in [4.78, 5) is 11.9. The summed E-state index contributed by atoms with van der Waals surface area (Å²) >= 11 is 6.09. The van der Waals surface area contributed by atoms with Crippen LogP contribution in [0.5, 0.6) is 0 Å². The van der Waals surface area contributed by atoms with Crippen LogP contribution in [-0.4, -0.2) is 24.2 Å². The highest BCUT2D eigenvalue weighted by Crippen LogP contribution is 2.17. The number of aliphatic hydroxyl groups is 1. The van der Waals surface area contributed by atoms with Crippen molar-refractivity contribution in [3.8, 4) is 11.8 Å². The molecular formula is C16H20ClNO2. The van der Waals surface area contributed by atoms with Crippen LogP contribution in [0.25, 0.3) is 0 Å². The summed E-state index contributed by atoms with van der Waals surface area (Å²) in [7, 11) is 0. The van der Waals surface area contributed by atoms with Gasteiger partial charge in [0, 0.05) is 24.1 Å². The summed E-state index contributed by atoms with van der Waals surface area (Å²) in [5.41, 5.74) is 1.21. The first-order valence-electron chi connectivity index (χ1n) is 6.86. The van der Waals surface area contributed by atoms with Crippen molar-refractivity contribution >= 4 is 17.5 Å². The maximum Gasteiger partial charge on any atom is 0.251 e. The summed E-state index contributed by atoms with van der Waals surface area (Å²) in [6.07, 6.45) is 3.64. The highest BCUT2D eigenvalue weighted by molar-refractivity contribution is 6.32. The molecule has 0 aliphatic carbocycles. The minimum Gasteiger partial charge on any atom is -0.395 e. The molecule has 0 unspecified atom stereocenters. The van der Waals surface area contributed by atoms with Crippen molar-refractivity contribution in [2.45, 2.75) is 32.6 Å². The Hall–Kier alpha value is -1.50. The lowest BCUT2D eigenvalue weighted by molar-refractivity contribution is 0.0953. The van der Waals surface area contributed by atoms with Gasteiger partial charge in [-0.3, -0.25) is 4.79 Å². The fourth-order valence-electron chi connectivity index (χ4n) is 1.65. The largest absolute Gasteiger partial charge is 0.395 e. The monoisotopic (exact) mass is 293 g/mol. The predicted octanol–water partition coefficient (Wildman–Crippen LogP) is 2.99. The molecular weight excluding hydrogens is 274 g/mol. The average Bonchev–Trinajstić information content (AvgIpc) is 2.45. The molecule has 1 rings (SSSR count). The number of halogens is 1. The molecule has 2 N–H and O–H groups in total. The minimum atomic E-state index is -0.113. The van der Waals surface area contributed by atoms with Crippen LogP contribution in [0.4, 0.5) is 0 Å². The molecule has 1 amide bonds.